The molecule has 92 valence electrons. The highest BCUT2D eigenvalue weighted by Gasteiger charge is 2.11. The van der Waals surface area contributed by atoms with Gasteiger partial charge in [0.15, 0.2) is 0 Å². The molecule has 0 fully saturated rings. The summed E-state index contributed by atoms with van der Waals surface area (Å²) in [6, 6.07) is 10.7. The number of aryl methyl sites for hydroxylation is 1. The van der Waals surface area contributed by atoms with Gasteiger partial charge in [-0.1, -0.05) is 18.2 Å². The molecule has 2 heteroatoms. The fourth-order valence-corrected chi connectivity index (χ4v) is 2.05. The molecule has 0 radical (unpaired) electrons. The number of rotatable bonds is 3. The minimum atomic E-state index is -0.0510. The van der Waals surface area contributed by atoms with Gasteiger partial charge in [0.25, 0.3) is 0 Å². The number of ether oxygens (including phenoxy) is 1. The van der Waals surface area contributed by atoms with E-state index in [1.807, 2.05) is 0 Å². The van der Waals surface area contributed by atoms with Gasteiger partial charge in [0.1, 0.15) is 0 Å². The third-order valence-corrected chi connectivity index (χ3v) is 2.94. The molecule has 2 nitrogen and oxygen atoms in total. The van der Waals surface area contributed by atoms with Crippen LogP contribution in [0.4, 0.5) is 0 Å². The molecule has 2 aromatic rings. The molecule has 0 saturated carbocycles. The third-order valence-electron chi connectivity index (χ3n) is 2.94. The average molecular weight is 231 g/mol. The van der Waals surface area contributed by atoms with Gasteiger partial charge in [-0.2, -0.15) is 0 Å². The average Bonchev–Trinajstić information content (AvgIpc) is 2.55. The number of fused-ring (bicyclic) bond motifs is 1. The van der Waals surface area contributed by atoms with Crippen molar-refractivity contribution in [1.29, 1.82) is 0 Å². The van der Waals surface area contributed by atoms with Gasteiger partial charge in [-0.15, -0.1) is 0 Å². The van der Waals surface area contributed by atoms with Gasteiger partial charge >= 0.3 is 0 Å². The normalized spacial score (nSPS) is 12.2. The molecule has 0 aliphatic heterocycles. The Kier molecular flexibility index (Phi) is 3.25. The van der Waals surface area contributed by atoms with E-state index < -0.39 is 0 Å². The van der Waals surface area contributed by atoms with Crippen LogP contribution in [0.3, 0.4) is 0 Å². The Labute approximate surface area is 103 Å². The van der Waals surface area contributed by atoms with Gasteiger partial charge in [0, 0.05) is 24.7 Å². The molecular formula is C15H21NO. The number of hydrogen-bond donors (Lipinski definition) is 0. The fraction of sp³-hybridized carbons (Fsp3) is 0.467. The lowest BCUT2D eigenvalue weighted by atomic mass is 10.2. The first kappa shape index (κ1) is 12.2. The predicted molar refractivity (Wildman–Crippen MR) is 72.3 cm³/mol. The van der Waals surface area contributed by atoms with Crippen molar-refractivity contribution in [3.05, 3.63) is 36.0 Å². The van der Waals surface area contributed by atoms with Gasteiger partial charge in [-0.05, 0) is 38.3 Å². The van der Waals surface area contributed by atoms with E-state index in [9.17, 15) is 0 Å². The SMILES string of the molecule is Cn1c(CCOC(C)(C)C)cc2ccccc21. The first-order valence-electron chi connectivity index (χ1n) is 6.15. The first-order valence-corrected chi connectivity index (χ1v) is 6.15. The lowest BCUT2D eigenvalue weighted by Gasteiger charge is -2.19. The Morgan fingerprint density at radius 1 is 1.18 bits per heavy atom. The van der Waals surface area contributed by atoms with Crippen LogP contribution in [0.5, 0.6) is 0 Å². The summed E-state index contributed by atoms with van der Waals surface area (Å²) in [6.45, 7) is 7.05. The van der Waals surface area contributed by atoms with E-state index in [-0.39, 0.29) is 5.60 Å². The van der Waals surface area contributed by atoms with Crippen LogP contribution in [0, 0.1) is 0 Å². The molecule has 0 saturated heterocycles. The summed E-state index contributed by atoms with van der Waals surface area (Å²) in [7, 11) is 2.12. The predicted octanol–water partition coefficient (Wildman–Crippen LogP) is 3.54. The molecule has 1 aromatic heterocycles. The topological polar surface area (TPSA) is 14.2 Å². The lowest BCUT2D eigenvalue weighted by molar-refractivity contribution is -0.00143. The molecule has 2 rings (SSSR count). The number of benzene rings is 1. The standard InChI is InChI=1S/C15H21NO/c1-15(2,3)17-10-9-13-11-12-7-5-6-8-14(12)16(13)4/h5-8,11H,9-10H2,1-4H3. The van der Waals surface area contributed by atoms with Crippen LogP contribution < -0.4 is 0 Å². The minimum absolute atomic E-state index is 0.0510. The zero-order chi connectivity index (χ0) is 12.5. The van der Waals surface area contributed by atoms with E-state index in [1.54, 1.807) is 0 Å². The first-order chi connectivity index (χ1) is 7.97. The molecule has 17 heavy (non-hydrogen) atoms. The largest absolute Gasteiger partial charge is 0.375 e. The molecular weight excluding hydrogens is 210 g/mol. The maximum Gasteiger partial charge on any atom is 0.0598 e. The molecule has 0 unspecified atom stereocenters. The van der Waals surface area contributed by atoms with Crippen molar-refractivity contribution in [3.8, 4) is 0 Å². The van der Waals surface area contributed by atoms with Crippen LogP contribution in [0.2, 0.25) is 0 Å². The lowest BCUT2D eigenvalue weighted by Crippen LogP contribution is -2.20. The van der Waals surface area contributed by atoms with Crippen molar-refractivity contribution in [2.75, 3.05) is 6.61 Å². The Morgan fingerprint density at radius 2 is 1.88 bits per heavy atom. The molecule has 0 bridgehead atoms. The number of para-hydroxylation sites is 1. The maximum atomic E-state index is 5.77. The molecule has 0 aliphatic rings. The molecule has 0 N–H and O–H groups in total. The highest BCUT2D eigenvalue weighted by Crippen LogP contribution is 2.19. The quantitative estimate of drug-likeness (QED) is 0.788. The smallest absolute Gasteiger partial charge is 0.0598 e. The summed E-state index contributed by atoms with van der Waals surface area (Å²) >= 11 is 0. The number of nitrogens with zero attached hydrogens (tertiary/aromatic N) is 1. The molecule has 0 aliphatic carbocycles. The summed E-state index contributed by atoms with van der Waals surface area (Å²) in [4.78, 5) is 0. The molecule has 0 amide bonds. The van der Waals surface area contributed by atoms with Gasteiger partial charge in [-0.25, -0.2) is 0 Å². The van der Waals surface area contributed by atoms with Crippen LogP contribution in [-0.4, -0.2) is 16.8 Å². The van der Waals surface area contributed by atoms with Gasteiger partial charge in [0.05, 0.1) is 12.2 Å². The van der Waals surface area contributed by atoms with Crippen molar-refractivity contribution in [2.24, 2.45) is 7.05 Å². The third kappa shape index (κ3) is 2.89. The highest BCUT2D eigenvalue weighted by atomic mass is 16.5. The van der Waals surface area contributed by atoms with Crippen molar-refractivity contribution in [3.63, 3.8) is 0 Å². The van der Waals surface area contributed by atoms with Crippen molar-refractivity contribution in [1.82, 2.24) is 4.57 Å². The second kappa shape index (κ2) is 4.53. The Hall–Kier alpha value is -1.28. The summed E-state index contributed by atoms with van der Waals surface area (Å²) in [5.74, 6) is 0. The monoisotopic (exact) mass is 231 g/mol. The summed E-state index contributed by atoms with van der Waals surface area (Å²) in [5, 5.41) is 1.31. The van der Waals surface area contributed by atoms with E-state index >= 15 is 0 Å². The maximum absolute atomic E-state index is 5.77. The van der Waals surface area contributed by atoms with Crippen LogP contribution >= 0.6 is 0 Å². The Balaban J connectivity index is 2.11. The van der Waals surface area contributed by atoms with Gasteiger partial charge < -0.3 is 9.30 Å². The molecule has 1 heterocycles. The van der Waals surface area contributed by atoms with E-state index in [0.717, 1.165) is 13.0 Å². The zero-order valence-corrected chi connectivity index (χ0v) is 11.2. The fourth-order valence-electron chi connectivity index (χ4n) is 2.05. The van der Waals surface area contributed by atoms with E-state index in [0.29, 0.717) is 0 Å². The van der Waals surface area contributed by atoms with E-state index in [1.165, 1.54) is 16.6 Å². The van der Waals surface area contributed by atoms with Crippen LogP contribution in [-0.2, 0) is 18.2 Å². The van der Waals surface area contributed by atoms with Crippen molar-refractivity contribution < 1.29 is 4.74 Å². The minimum Gasteiger partial charge on any atom is -0.375 e. The number of hydrogen-bond acceptors (Lipinski definition) is 1. The van der Waals surface area contributed by atoms with Crippen LogP contribution in [0.25, 0.3) is 10.9 Å². The summed E-state index contributed by atoms with van der Waals surface area (Å²) < 4.78 is 8.02. The van der Waals surface area contributed by atoms with Gasteiger partial charge in [-0.3, -0.25) is 0 Å². The number of aromatic nitrogens is 1. The second-order valence-corrected chi connectivity index (χ2v) is 5.46. The Morgan fingerprint density at radius 3 is 2.53 bits per heavy atom. The van der Waals surface area contributed by atoms with Crippen LogP contribution in [0.15, 0.2) is 30.3 Å². The summed E-state index contributed by atoms with van der Waals surface area (Å²) in [5.41, 5.74) is 2.57. The molecule has 0 atom stereocenters. The van der Waals surface area contributed by atoms with E-state index in [4.69, 9.17) is 4.74 Å². The molecule has 1 aromatic carbocycles. The zero-order valence-electron chi connectivity index (χ0n) is 11.2. The Bertz CT molecular complexity index is 505. The highest BCUT2D eigenvalue weighted by molar-refractivity contribution is 5.81. The van der Waals surface area contributed by atoms with Crippen molar-refractivity contribution in [2.45, 2.75) is 32.8 Å². The van der Waals surface area contributed by atoms with E-state index in [2.05, 4.69) is 62.7 Å². The second-order valence-electron chi connectivity index (χ2n) is 5.46. The molecule has 0 spiro atoms. The van der Waals surface area contributed by atoms with Gasteiger partial charge in [0.2, 0.25) is 0 Å². The van der Waals surface area contributed by atoms with Crippen LogP contribution in [0.1, 0.15) is 26.5 Å². The summed E-state index contributed by atoms with van der Waals surface area (Å²) in [6.07, 6.45) is 0.961. The van der Waals surface area contributed by atoms with Crippen molar-refractivity contribution >= 4 is 10.9 Å².